The number of carbonyl (C=O) groups is 1. The Morgan fingerprint density at radius 2 is 1.84 bits per heavy atom. The predicted molar refractivity (Wildman–Crippen MR) is 66.5 cm³/mol. The molecule has 0 fully saturated rings. The molecule has 3 N–H and O–H groups in total. The van der Waals surface area contributed by atoms with Crippen molar-refractivity contribution in [1.82, 2.24) is 5.32 Å². The van der Waals surface area contributed by atoms with Crippen LogP contribution in [0.15, 0.2) is 24.3 Å². The molecule has 0 spiro atoms. The zero-order valence-electron chi connectivity index (χ0n) is 10.8. The van der Waals surface area contributed by atoms with E-state index in [0.29, 0.717) is 5.56 Å². The van der Waals surface area contributed by atoms with Crippen LogP contribution in [0, 0.1) is 0 Å². The first-order valence-corrected chi connectivity index (χ1v) is 5.81. The molecule has 0 unspecified atom stereocenters. The van der Waals surface area contributed by atoms with E-state index in [9.17, 15) is 18.0 Å². The molecule has 0 heterocycles. The molecule has 0 aromatic heterocycles. The van der Waals surface area contributed by atoms with Crippen molar-refractivity contribution in [3.63, 3.8) is 0 Å². The molecule has 1 aromatic rings. The van der Waals surface area contributed by atoms with Crippen LogP contribution in [0.1, 0.15) is 25.0 Å². The highest BCUT2D eigenvalue weighted by Crippen LogP contribution is 2.32. The summed E-state index contributed by atoms with van der Waals surface area (Å²) >= 11 is 0. The van der Waals surface area contributed by atoms with Crippen molar-refractivity contribution in [3.8, 4) is 0 Å². The average molecular weight is 274 g/mol. The predicted octanol–water partition coefficient (Wildman–Crippen LogP) is 2.06. The molecule has 6 heteroatoms. The van der Waals surface area contributed by atoms with Crippen LogP contribution in [0.3, 0.4) is 0 Å². The van der Waals surface area contributed by atoms with E-state index in [4.69, 9.17) is 5.73 Å². The second-order valence-electron chi connectivity index (χ2n) is 4.94. The van der Waals surface area contributed by atoms with E-state index in [1.165, 1.54) is 6.07 Å². The van der Waals surface area contributed by atoms with Crippen molar-refractivity contribution >= 4 is 5.91 Å². The third-order valence-corrected chi connectivity index (χ3v) is 2.88. The van der Waals surface area contributed by atoms with Crippen LogP contribution in [0.5, 0.6) is 0 Å². The Morgan fingerprint density at radius 1 is 1.26 bits per heavy atom. The van der Waals surface area contributed by atoms with E-state index >= 15 is 0 Å². The Bertz CT molecular complexity index is 455. The van der Waals surface area contributed by atoms with E-state index < -0.39 is 17.2 Å². The second-order valence-corrected chi connectivity index (χ2v) is 4.94. The van der Waals surface area contributed by atoms with Gasteiger partial charge in [-0.2, -0.15) is 13.2 Å². The summed E-state index contributed by atoms with van der Waals surface area (Å²) in [4.78, 5) is 11.1. The van der Waals surface area contributed by atoms with E-state index in [-0.39, 0.29) is 19.0 Å². The van der Waals surface area contributed by atoms with Gasteiger partial charge in [-0.15, -0.1) is 0 Å². The fourth-order valence-corrected chi connectivity index (χ4v) is 1.61. The number of halogens is 3. The Labute approximate surface area is 110 Å². The number of carbonyl (C=O) groups excluding carboxylic acids is 1. The van der Waals surface area contributed by atoms with E-state index in [1.54, 1.807) is 19.9 Å². The smallest absolute Gasteiger partial charge is 0.354 e. The lowest BCUT2D eigenvalue weighted by Crippen LogP contribution is -2.39. The number of rotatable bonds is 4. The van der Waals surface area contributed by atoms with Crippen LogP contribution in [0.2, 0.25) is 0 Å². The summed E-state index contributed by atoms with van der Waals surface area (Å²) in [5, 5.41) is 2.58. The minimum absolute atomic E-state index is 0.140. The molecule has 0 aliphatic rings. The van der Waals surface area contributed by atoms with Crippen molar-refractivity contribution in [2.75, 3.05) is 13.1 Å². The lowest BCUT2D eigenvalue weighted by Gasteiger charge is -2.26. The Hall–Kier alpha value is -1.56. The molecule has 19 heavy (non-hydrogen) atoms. The molecule has 0 aliphatic carbocycles. The molecule has 0 bridgehead atoms. The summed E-state index contributed by atoms with van der Waals surface area (Å²) in [7, 11) is 0. The van der Waals surface area contributed by atoms with Crippen molar-refractivity contribution in [1.29, 1.82) is 0 Å². The van der Waals surface area contributed by atoms with Gasteiger partial charge in [0.25, 0.3) is 0 Å². The van der Waals surface area contributed by atoms with Crippen LogP contribution in [0.4, 0.5) is 13.2 Å². The van der Waals surface area contributed by atoms with Crippen molar-refractivity contribution in [3.05, 3.63) is 35.4 Å². The fourth-order valence-electron chi connectivity index (χ4n) is 1.61. The van der Waals surface area contributed by atoms with Crippen molar-refractivity contribution in [2.24, 2.45) is 5.73 Å². The molecular formula is C13H17F3N2O. The summed E-state index contributed by atoms with van der Waals surface area (Å²) in [6, 6.07) is 5.11. The Morgan fingerprint density at radius 3 is 2.37 bits per heavy atom. The number of amides is 1. The van der Waals surface area contributed by atoms with E-state index in [1.807, 2.05) is 0 Å². The van der Waals surface area contributed by atoms with Gasteiger partial charge in [0.05, 0.1) is 12.1 Å². The molecular weight excluding hydrogens is 257 g/mol. The van der Waals surface area contributed by atoms with Gasteiger partial charge >= 0.3 is 6.18 Å². The highest BCUT2D eigenvalue weighted by atomic mass is 19.4. The highest BCUT2D eigenvalue weighted by Gasteiger charge is 2.32. The first-order chi connectivity index (χ1) is 8.66. The van der Waals surface area contributed by atoms with E-state index in [0.717, 1.165) is 12.1 Å². The normalized spacial score (nSPS) is 12.3. The zero-order chi connectivity index (χ0) is 14.7. The number of benzene rings is 1. The molecule has 106 valence electrons. The first-order valence-electron chi connectivity index (χ1n) is 5.81. The van der Waals surface area contributed by atoms with Crippen LogP contribution in [-0.4, -0.2) is 19.0 Å². The summed E-state index contributed by atoms with van der Waals surface area (Å²) in [6.07, 6.45) is -4.37. The minimum atomic E-state index is -4.37. The molecule has 0 atom stereocenters. The van der Waals surface area contributed by atoms with Gasteiger partial charge in [0.1, 0.15) is 0 Å². The molecule has 0 saturated carbocycles. The molecule has 0 aliphatic heterocycles. The van der Waals surface area contributed by atoms with Crippen LogP contribution < -0.4 is 11.1 Å². The molecule has 1 rings (SSSR count). The zero-order valence-corrected chi connectivity index (χ0v) is 10.8. The minimum Gasteiger partial charge on any atom is -0.354 e. The maximum atomic E-state index is 12.6. The molecule has 0 radical (unpaired) electrons. The summed E-state index contributed by atoms with van der Waals surface area (Å²) in [5.41, 5.74) is 4.38. The largest absolute Gasteiger partial charge is 0.416 e. The lowest BCUT2D eigenvalue weighted by atomic mass is 9.83. The standard InChI is InChI=1S/C13H17F3N2O/c1-12(2,8-18-11(19)7-17)9-4-3-5-10(6-9)13(14,15)16/h3-6H,7-8,17H2,1-2H3,(H,18,19). The van der Waals surface area contributed by atoms with Crippen molar-refractivity contribution < 1.29 is 18.0 Å². The topological polar surface area (TPSA) is 55.1 Å². The van der Waals surface area contributed by atoms with E-state index in [2.05, 4.69) is 5.32 Å². The fraction of sp³-hybridized carbons (Fsp3) is 0.462. The first kappa shape index (κ1) is 15.5. The number of nitrogens with one attached hydrogen (secondary N) is 1. The maximum absolute atomic E-state index is 12.6. The van der Waals surface area contributed by atoms with Crippen LogP contribution in [0.25, 0.3) is 0 Å². The third-order valence-electron chi connectivity index (χ3n) is 2.88. The number of hydrogen-bond donors (Lipinski definition) is 2. The average Bonchev–Trinajstić information content (AvgIpc) is 2.35. The molecule has 1 aromatic carbocycles. The number of hydrogen-bond acceptors (Lipinski definition) is 2. The van der Waals surface area contributed by atoms with Gasteiger partial charge in [-0.1, -0.05) is 32.0 Å². The number of alkyl halides is 3. The SMILES string of the molecule is CC(C)(CNC(=O)CN)c1cccc(C(F)(F)F)c1. The van der Waals surface area contributed by atoms with Gasteiger partial charge in [-0.05, 0) is 11.6 Å². The van der Waals surface area contributed by atoms with Crippen LogP contribution in [-0.2, 0) is 16.4 Å². The highest BCUT2D eigenvalue weighted by molar-refractivity contribution is 5.77. The quantitative estimate of drug-likeness (QED) is 0.883. The van der Waals surface area contributed by atoms with Gasteiger partial charge in [0, 0.05) is 12.0 Å². The van der Waals surface area contributed by atoms with Gasteiger partial charge in [0.2, 0.25) is 5.91 Å². The summed E-state index contributed by atoms with van der Waals surface area (Å²) in [5.74, 6) is -0.333. The second kappa shape index (κ2) is 5.61. The summed E-state index contributed by atoms with van der Waals surface area (Å²) in [6.45, 7) is 3.61. The maximum Gasteiger partial charge on any atom is 0.416 e. The van der Waals surface area contributed by atoms with Gasteiger partial charge in [-0.25, -0.2) is 0 Å². The Balaban J connectivity index is 2.92. The lowest BCUT2D eigenvalue weighted by molar-refractivity contribution is -0.137. The Kier molecular flexibility index (Phi) is 4.57. The van der Waals surface area contributed by atoms with Crippen LogP contribution >= 0.6 is 0 Å². The van der Waals surface area contributed by atoms with Gasteiger partial charge in [0.15, 0.2) is 0 Å². The molecule has 0 saturated heterocycles. The molecule has 3 nitrogen and oxygen atoms in total. The summed E-state index contributed by atoms with van der Waals surface area (Å²) < 4.78 is 37.9. The molecule has 1 amide bonds. The van der Waals surface area contributed by atoms with Crippen molar-refractivity contribution in [2.45, 2.75) is 25.4 Å². The third kappa shape index (κ3) is 4.24. The monoisotopic (exact) mass is 274 g/mol. The van der Waals surface area contributed by atoms with Gasteiger partial charge in [-0.3, -0.25) is 4.79 Å². The number of nitrogens with two attached hydrogens (primary N) is 1. The van der Waals surface area contributed by atoms with Gasteiger partial charge < -0.3 is 11.1 Å².